The number of carbonyl (C=O) groups is 1. The SMILES string of the molecule is CCCC[C](CCCC)(CCCC)[Sn][c]1sc2c(C(C)=O)ncn2c1C. The first kappa shape index (κ1) is 21.9. The van der Waals surface area contributed by atoms with Crippen LogP contribution in [0.15, 0.2) is 6.33 Å². The maximum atomic E-state index is 11.9. The molecule has 26 heavy (non-hydrogen) atoms. The molecule has 144 valence electrons. The number of thiazole rings is 1. The summed E-state index contributed by atoms with van der Waals surface area (Å²) < 4.78 is 4.38. The second-order valence-corrected chi connectivity index (χ2v) is 14.8. The fraction of sp³-hybridized carbons (Fsp3) is 0.714. The minimum absolute atomic E-state index is 0.0833. The summed E-state index contributed by atoms with van der Waals surface area (Å²) in [6.07, 6.45) is 14.0. The van der Waals surface area contributed by atoms with E-state index in [1.807, 2.05) is 17.7 Å². The van der Waals surface area contributed by atoms with Crippen molar-refractivity contribution in [1.82, 2.24) is 9.38 Å². The van der Waals surface area contributed by atoms with E-state index < -0.39 is 21.1 Å². The monoisotopic (exact) mass is 482 g/mol. The second-order valence-electron chi connectivity index (χ2n) is 7.56. The number of ketones is 1. The summed E-state index contributed by atoms with van der Waals surface area (Å²) in [5.74, 6) is 0.0833. The maximum absolute atomic E-state index is 11.9. The molecular formula is C21H34N2OSSn. The molecule has 0 aliphatic carbocycles. The zero-order valence-corrected chi connectivity index (χ0v) is 20.8. The Hall–Kier alpha value is -0.361. The predicted octanol–water partition coefficient (Wildman–Crippen LogP) is 5.97. The summed E-state index contributed by atoms with van der Waals surface area (Å²) in [4.78, 5) is 17.3. The van der Waals surface area contributed by atoms with Crippen LogP contribution in [0.2, 0.25) is 3.43 Å². The summed E-state index contributed by atoms with van der Waals surface area (Å²) in [6, 6.07) is 0. The van der Waals surface area contributed by atoms with Crippen molar-refractivity contribution in [3.63, 3.8) is 0 Å². The Kier molecular flexibility index (Phi) is 8.65. The molecule has 0 amide bonds. The van der Waals surface area contributed by atoms with Gasteiger partial charge < -0.3 is 0 Å². The Morgan fingerprint density at radius 3 is 2.12 bits per heavy atom. The van der Waals surface area contributed by atoms with E-state index in [-0.39, 0.29) is 5.78 Å². The van der Waals surface area contributed by atoms with Crippen LogP contribution >= 0.6 is 11.3 Å². The van der Waals surface area contributed by atoms with Gasteiger partial charge in [-0.1, -0.05) is 0 Å². The molecule has 3 nitrogen and oxygen atoms in total. The molecule has 0 aliphatic heterocycles. The van der Waals surface area contributed by atoms with Crippen molar-refractivity contribution < 1.29 is 4.79 Å². The minimum atomic E-state index is -0.756. The quantitative estimate of drug-likeness (QED) is 0.277. The fourth-order valence-corrected chi connectivity index (χ4v) is 12.3. The normalized spacial score (nSPS) is 12.2. The van der Waals surface area contributed by atoms with Crippen LogP contribution in [0.25, 0.3) is 4.83 Å². The second kappa shape index (κ2) is 10.3. The van der Waals surface area contributed by atoms with Crippen molar-refractivity contribution >= 4 is 46.0 Å². The first-order valence-corrected chi connectivity index (χ1v) is 13.9. The Balaban J connectivity index is 2.37. The average molecular weight is 481 g/mol. The Labute approximate surface area is 173 Å². The van der Waals surface area contributed by atoms with E-state index in [1.54, 1.807) is 9.82 Å². The fourth-order valence-electron chi connectivity index (χ4n) is 3.66. The van der Waals surface area contributed by atoms with E-state index in [0.29, 0.717) is 9.12 Å². The van der Waals surface area contributed by atoms with E-state index in [4.69, 9.17) is 0 Å². The summed E-state index contributed by atoms with van der Waals surface area (Å²) in [5.41, 5.74) is 2.01. The number of fused-ring (bicyclic) bond motifs is 1. The van der Waals surface area contributed by atoms with Crippen LogP contribution in [0.1, 0.15) is 102 Å². The van der Waals surface area contributed by atoms with Gasteiger partial charge in [0.15, 0.2) is 0 Å². The molecule has 2 rings (SSSR count). The van der Waals surface area contributed by atoms with E-state index >= 15 is 0 Å². The van der Waals surface area contributed by atoms with Gasteiger partial charge in [0.2, 0.25) is 0 Å². The molecule has 0 atom stereocenters. The van der Waals surface area contributed by atoms with Crippen molar-refractivity contribution in [3.8, 4) is 0 Å². The van der Waals surface area contributed by atoms with Crippen molar-refractivity contribution in [2.45, 2.75) is 95.8 Å². The van der Waals surface area contributed by atoms with Gasteiger partial charge in [-0.15, -0.1) is 0 Å². The van der Waals surface area contributed by atoms with Crippen molar-refractivity contribution in [1.29, 1.82) is 0 Å². The number of aromatic nitrogens is 2. The van der Waals surface area contributed by atoms with E-state index in [1.165, 1.54) is 63.5 Å². The zero-order chi connectivity index (χ0) is 19.2. The van der Waals surface area contributed by atoms with Gasteiger partial charge in [-0.25, -0.2) is 0 Å². The molecular weight excluding hydrogens is 447 g/mol. The van der Waals surface area contributed by atoms with E-state index in [0.717, 1.165) is 4.83 Å². The number of unbranched alkanes of at least 4 members (excludes halogenated alkanes) is 3. The van der Waals surface area contributed by atoms with Crippen molar-refractivity contribution in [2.24, 2.45) is 0 Å². The molecule has 0 fully saturated rings. The molecule has 0 aromatic carbocycles. The molecule has 2 radical (unpaired) electrons. The van der Waals surface area contributed by atoms with Gasteiger partial charge in [0.25, 0.3) is 0 Å². The van der Waals surface area contributed by atoms with Crippen LogP contribution in [0.3, 0.4) is 0 Å². The Morgan fingerprint density at radius 2 is 1.65 bits per heavy atom. The molecule has 0 saturated heterocycles. The molecule has 0 saturated carbocycles. The molecule has 0 unspecified atom stereocenters. The molecule has 0 bridgehead atoms. The molecule has 2 heterocycles. The van der Waals surface area contributed by atoms with Crippen LogP contribution in [0.4, 0.5) is 0 Å². The van der Waals surface area contributed by atoms with Crippen LogP contribution in [-0.4, -0.2) is 36.3 Å². The third-order valence-corrected chi connectivity index (χ3v) is 13.3. The Morgan fingerprint density at radius 1 is 1.12 bits per heavy atom. The van der Waals surface area contributed by atoms with Crippen molar-refractivity contribution in [2.75, 3.05) is 0 Å². The third-order valence-electron chi connectivity index (χ3n) is 5.35. The van der Waals surface area contributed by atoms with E-state index in [9.17, 15) is 4.79 Å². The third kappa shape index (κ3) is 5.12. The number of aryl methyl sites for hydroxylation is 1. The molecule has 2 aromatic heterocycles. The van der Waals surface area contributed by atoms with Gasteiger partial charge in [-0.2, -0.15) is 0 Å². The van der Waals surface area contributed by atoms with Crippen LogP contribution in [0, 0.1) is 6.92 Å². The Bertz CT molecular complexity index is 697. The summed E-state index contributed by atoms with van der Waals surface area (Å²) in [5, 5.41) is 0. The van der Waals surface area contributed by atoms with Gasteiger partial charge in [0.05, 0.1) is 0 Å². The van der Waals surface area contributed by atoms with Gasteiger partial charge in [0.1, 0.15) is 0 Å². The van der Waals surface area contributed by atoms with Gasteiger partial charge in [-0.05, 0) is 0 Å². The molecule has 0 N–H and O–H groups in total. The van der Waals surface area contributed by atoms with Gasteiger partial charge >= 0.3 is 174 Å². The number of imidazole rings is 1. The first-order chi connectivity index (χ1) is 12.5. The van der Waals surface area contributed by atoms with Gasteiger partial charge in [-0.3, -0.25) is 0 Å². The van der Waals surface area contributed by atoms with Gasteiger partial charge in [0, 0.05) is 0 Å². The number of nitrogens with zero attached hydrogens (tertiary/aromatic N) is 2. The summed E-state index contributed by atoms with van der Waals surface area (Å²) in [7, 11) is 0. The zero-order valence-electron chi connectivity index (χ0n) is 17.2. The molecule has 0 aliphatic rings. The van der Waals surface area contributed by atoms with Crippen LogP contribution in [0.5, 0.6) is 0 Å². The number of hydrogen-bond acceptors (Lipinski definition) is 3. The van der Waals surface area contributed by atoms with E-state index in [2.05, 4.69) is 37.1 Å². The van der Waals surface area contributed by atoms with Crippen LogP contribution < -0.4 is 2.89 Å². The topological polar surface area (TPSA) is 34.4 Å². The summed E-state index contributed by atoms with van der Waals surface area (Å²) in [6.45, 7) is 10.8. The number of hydrogen-bond donors (Lipinski definition) is 0. The molecule has 5 heteroatoms. The average Bonchev–Trinajstić information content (AvgIpc) is 3.17. The molecule has 2 aromatic rings. The predicted molar refractivity (Wildman–Crippen MR) is 114 cm³/mol. The molecule has 0 spiro atoms. The van der Waals surface area contributed by atoms with Crippen LogP contribution in [-0.2, 0) is 0 Å². The standard InChI is InChI=1S/C13H27.C8H7N2OS.Sn/c1-4-7-10-13(11-8-5-2)12-9-6-3;1-5-3-12-8-7(6(2)11)9-4-10(5)8;/h4-12H2,1-3H3;4H,1-2H3;. The number of rotatable bonds is 12. The number of carbonyl (C=O) groups excluding carboxylic acids is 1. The number of Topliss-reactive ketones (excluding diaryl/α,β-unsaturated/α-hetero) is 1. The first-order valence-electron chi connectivity index (χ1n) is 10.2. The summed E-state index contributed by atoms with van der Waals surface area (Å²) >= 11 is 1.11. The van der Waals surface area contributed by atoms with Crippen molar-refractivity contribution in [3.05, 3.63) is 17.7 Å².